The van der Waals surface area contributed by atoms with Crippen molar-refractivity contribution in [2.45, 2.75) is 83.5 Å². The fraction of sp³-hybridized carbons (Fsp3) is 0.169. The van der Waals surface area contributed by atoms with Crippen LogP contribution in [0.3, 0.4) is 0 Å². The average molecular weight is 1020 g/mol. The van der Waals surface area contributed by atoms with Gasteiger partial charge in [0, 0.05) is 38.8 Å². The Bertz CT molecular complexity index is 3810. The quantitative estimate of drug-likeness (QED) is 0.0691. The fourth-order valence-corrected chi connectivity index (χ4v) is 12.8. The molecule has 1 heterocycles. The van der Waals surface area contributed by atoms with Crippen molar-refractivity contribution in [2.24, 2.45) is 0 Å². The van der Waals surface area contributed by atoms with E-state index in [9.17, 15) is 0 Å². The third-order valence-corrected chi connectivity index (χ3v) is 16.9. The Labute approximate surface area is 468 Å². The van der Waals surface area contributed by atoms with Crippen LogP contribution in [0.1, 0.15) is 100 Å². The largest absolute Gasteiger partial charge is 0.310 e. The van der Waals surface area contributed by atoms with Crippen molar-refractivity contribution in [1.82, 2.24) is 4.57 Å². The second kappa shape index (κ2) is 22.7. The number of rotatable bonds is 20. The highest BCUT2D eigenvalue weighted by Gasteiger charge is 2.43. The lowest BCUT2D eigenvalue weighted by Gasteiger charge is -2.35. The molecule has 0 aliphatic heterocycles. The molecular weight excluding hydrogens is 953 g/mol. The van der Waals surface area contributed by atoms with Crippen LogP contribution in [0.15, 0.2) is 244 Å². The molecule has 10 aromatic carbocycles. The summed E-state index contributed by atoms with van der Waals surface area (Å²) in [4.78, 5) is 2.52. The van der Waals surface area contributed by atoms with Gasteiger partial charge in [-0.25, -0.2) is 0 Å². The highest BCUT2D eigenvalue weighted by atomic mass is 15.1. The van der Waals surface area contributed by atoms with Gasteiger partial charge in [0.1, 0.15) is 0 Å². The van der Waals surface area contributed by atoms with E-state index in [-0.39, 0.29) is 5.41 Å². The maximum Gasteiger partial charge on any atom is 0.0541 e. The number of fused-ring (bicyclic) bond motifs is 6. The van der Waals surface area contributed by atoms with Crippen molar-refractivity contribution in [3.05, 3.63) is 266 Å². The van der Waals surface area contributed by atoms with Crippen LogP contribution >= 0.6 is 0 Å². The summed E-state index contributed by atoms with van der Waals surface area (Å²) in [5.74, 6) is 0. The van der Waals surface area contributed by atoms with Crippen LogP contribution in [-0.2, 0) is 5.41 Å². The van der Waals surface area contributed by atoms with Crippen LogP contribution in [0.2, 0.25) is 0 Å². The maximum atomic E-state index is 4.02. The summed E-state index contributed by atoms with van der Waals surface area (Å²) in [5.41, 5.74) is 24.5. The smallest absolute Gasteiger partial charge is 0.0541 e. The summed E-state index contributed by atoms with van der Waals surface area (Å²) >= 11 is 0. The lowest BCUT2D eigenvalue weighted by molar-refractivity contribution is 0.401. The van der Waals surface area contributed by atoms with Gasteiger partial charge in [-0.15, -0.1) is 0 Å². The Balaban J connectivity index is 1.05. The summed E-state index contributed by atoms with van der Waals surface area (Å²) in [5, 5.41) is 2.49. The van der Waals surface area contributed by atoms with E-state index in [1.807, 2.05) is 12.2 Å². The number of hydrogen-bond acceptors (Lipinski definition) is 1. The molecule has 0 atom stereocenters. The minimum atomic E-state index is -0.186. The molecule has 11 aromatic rings. The molecule has 2 heteroatoms. The Morgan fingerprint density at radius 2 is 0.835 bits per heavy atom. The first-order chi connectivity index (χ1) is 39.0. The first-order valence-corrected chi connectivity index (χ1v) is 28.9. The predicted molar refractivity (Wildman–Crippen MR) is 341 cm³/mol. The molecule has 1 aromatic heterocycles. The van der Waals surface area contributed by atoms with E-state index in [1.54, 1.807) is 0 Å². The van der Waals surface area contributed by atoms with Crippen LogP contribution in [0, 0.1) is 0 Å². The van der Waals surface area contributed by atoms with E-state index in [4.69, 9.17) is 0 Å². The first-order valence-electron chi connectivity index (χ1n) is 28.9. The molecule has 1 aliphatic rings. The zero-order chi connectivity index (χ0) is 53.7. The zero-order valence-electron chi connectivity index (χ0n) is 46.0. The van der Waals surface area contributed by atoms with Gasteiger partial charge in [0.05, 0.1) is 16.7 Å². The van der Waals surface area contributed by atoms with Crippen LogP contribution in [-0.4, -0.2) is 4.57 Å². The highest BCUT2D eigenvalue weighted by molar-refractivity contribution is 6.12. The summed E-state index contributed by atoms with van der Waals surface area (Å²) in [6, 6.07) is 86.4. The van der Waals surface area contributed by atoms with Gasteiger partial charge in [0.15, 0.2) is 0 Å². The van der Waals surface area contributed by atoms with E-state index in [0.29, 0.717) is 0 Å². The standard InChI is InChI=1S/C77H70N2/c1-5-9-11-21-49-77(50-22-12-10-6-2)72-53-65(78(64-41-37-58(38-42-64)57-23-15-13-16-24-57)74-28-20-19-27-67(74)61-25-17-14-18-26-61)43-45-68(72)69-46-44-66(54-73(69)77)79-75-47-39-62(59-33-29-55(7-3)30-34-59)51-70(75)71-52-63(40-48-76(71)79)60-35-31-56(8-4)32-36-60/h7-8,13-20,23-48,51-54H,3-6,9-12,21-22,49-50H2,1-2H3. The van der Waals surface area contributed by atoms with Crippen LogP contribution < -0.4 is 4.90 Å². The number of unbranched alkanes of at least 4 members (excludes halogenated alkanes) is 6. The Kier molecular flexibility index (Phi) is 14.7. The second-order valence-corrected chi connectivity index (χ2v) is 21.7. The Morgan fingerprint density at radius 3 is 1.39 bits per heavy atom. The van der Waals surface area contributed by atoms with Gasteiger partial charge in [-0.3, -0.25) is 0 Å². The number of anilines is 3. The molecule has 0 spiro atoms. The molecule has 0 radical (unpaired) electrons. The predicted octanol–water partition coefficient (Wildman–Crippen LogP) is 22.4. The molecule has 0 N–H and O–H groups in total. The first kappa shape index (κ1) is 51.1. The molecule has 0 saturated heterocycles. The van der Waals surface area contributed by atoms with Crippen LogP contribution in [0.5, 0.6) is 0 Å². The highest BCUT2D eigenvalue weighted by Crippen LogP contribution is 2.57. The number of nitrogens with zero attached hydrogens (tertiary/aromatic N) is 2. The number of hydrogen-bond donors (Lipinski definition) is 0. The maximum absolute atomic E-state index is 4.02. The van der Waals surface area contributed by atoms with Crippen LogP contribution in [0.4, 0.5) is 17.1 Å². The van der Waals surface area contributed by atoms with Crippen LogP contribution in [0.25, 0.3) is 95.3 Å². The molecule has 0 unspecified atom stereocenters. The Hall–Kier alpha value is -8.72. The van der Waals surface area contributed by atoms with Gasteiger partial charge in [-0.2, -0.15) is 0 Å². The lowest BCUT2D eigenvalue weighted by Crippen LogP contribution is -2.26. The second-order valence-electron chi connectivity index (χ2n) is 21.7. The molecule has 0 fully saturated rings. The van der Waals surface area contributed by atoms with Gasteiger partial charge < -0.3 is 9.47 Å². The van der Waals surface area contributed by atoms with Crippen molar-refractivity contribution < 1.29 is 0 Å². The summed E-state index contributed by atoms with van der Waals surface area (Å²) < 4.78 is 2.55. The molecule has 0 bridgehead atoms. The van der Waals surface area contributed by atoms with E-state index >= 15 is 0 Å². The minimum Gasteiger partial charge on any atom is -0.310 e. The number of aromatic nitrogens is 1. The van der Waals surface area contributed by atoms with Crippen molar-refractivity contribution in [3.8, 4) is 61.3 Å². The van der Waals surface area contributed by atoms with E-state index < -0.39 is 0 Å². The normalized spacial score (nSPS) is 12.4. The third kappa shape index (κ3) is 9.87. The SMILES string of the molecule is C=Cc1ccc(-c2ccc3c(c2)c2cc(-c4ccc(C=C)cc4)ccc2n3-c2ccc3c(c2)C(CCCCCC)(CCCCCC)c2cc(N(c4ccc(-c5ccccc5)cc4)c4ccccc4-c4ccccc4)ccc2-3)cc1. The molecule has 12 rings (SSSR count). The van der Waals surface area contributed by atoms with Gasteiger partial charge in [0.2, 0.25) is 0 Å². The van der Waals surface area contributed by atoms with Gasteiger partial charge >= 0.3 is 0 Å². The summed E-state index contributed by atoms with van der Waals surface area (Å²) in [6.07, 6.45) is 15.8. The molecule has 79 heavy (non-hydrogen) atoms. The Morgan fingerprint density at radius 1 is 0.380 bits per heavy atom. The van der Waals surface area contributed by atoms with Crippen molar-refractivity contribution in [3.63, 3.8) is 0 Å². The zero-order valence-corrected chi connectivity index (χ0v) is 46.0. The van der Waals surface area contributed by atoms with E-state index in [2.05, 4.69) is 267 Å². The number of para-hydroxylation sites is 1. The van der Waals surface area contributed by atoms with Crippen molar-refractivity contribution in [1.29, 1.82) is 0 Å². The minimum absolute atomic E-state index is 0.186. The molecule has 2 nitrogen and oxygen atoms in total. The molecule has 388 valence electrons. The van der Waals surface area contributed by atoms with Gasteiger partial charge in [-0.05, 0) is 152 Å². The average Bonchev–Trinajstić information content (AvgIpc) is 4.12. The van der Waals surface area contributed by atoms with Crippen molar-refractivity contribution in [2.75, 3.05) is 4.90 Å². The van der Waals surface area contributed by atoms with E-state index in [0.717, 1.165) is 35.3 Å². The number of benzene rings is 10. The topological polar surface area (TPSA) is 8.17 Å². The molecule has 0 saturated carbocycles. The third-order valence-electron chi connectivity index (χ3n) is 16.9. The summed E-state index contributed by atoms with van der Waals surface area (Å²) in [7, 11) is 0. The monoisotopic (exact) mass is 1020 g/mol. The molecular formula is C77H70N2. The fourth-order valence-electron chi connectivity index (χ4n) is 12.8. The summed E-state index contributed by atoms with van der Waals surface area (Å²) in [6.45, 7) is 12.7. The van der Waals surface area contributed by atoms with Gasteiger partial charge in [-0.1, -0.05) is 254 Å². The van der Waals surface area contributed by atoms with Gasteiger partial charge in [0.25, 0.3) is 0 Å². The van der Waals surface area contributed by atoms with Crippen molar-refractivity contribution >= 4 is 51.0 Å². The molecule has 1 aliphatic carbocycles. The lowest BCUT2D eigenvalue weighted by atomic mass is 9.70. The van der Waals surface area contributed by atoms with E-state index in [1.165, 1.54) is 151 Å². The molecule has 0 amide bonds.